The number of ether oxygens (including phenoxy) is 1. The summed E-state index contributed by atoms with van der Waals surface area (Å²) in [4.78, 5) is 2.44. The number of hydrogen-bond acceptors (Lipinski definition) is 4. The number of rotatable bonds is 6. The number of piperidine rings is 1. The summed E-state index contributed by atoms with van der Waals surface area (Å²) in [5.74, 6) is 0.688. The van der Waals surface area contributed by atoms with Crippen molar-refractivity contribution in [3.05, 3.63) is 57.6 Å². The van der Waals surface area contributed by atoms with Gasteiger partial charge in [0.05, 0.1) is 17.2 Å². The second-order valence-electron chi connectivity index (χ2n) is 6.69. The Morgan fingerprint density at radius 1 is 1.08 bits per heavy atom. The maximum atomic E-state index is 9.86. The molecule has 0 bridgehead atoms. The van der Waals surface area contributed by atoms with Gasteiger partial charge < -0.3 is 15.2 Å². The van der Waals surface area contributed by atoms with E-state index >= 15 is 0 Å². The average molecular weight is 395 g/mol. The molecular weight excluding hydrogens is 371 g/mol. The maximum Gasteiger partial charge on any atom is 0.160 e. The van der Waals surface area contributed by atoms with Crippen LogP contribution in [0, 0.1) is 0 Å². The summed E-state index contributed by atoms with van der Waals surface area (Å²) in [7, 11) is 1.55. The van der Waals surface area contributed by atoms with E-state index in [1.54, 1.807) is 19.2 Å². The first-order valence-electron chi connectivity index (χ1n) is 8.80. The van der Waals surface area contributed by atoms with Gasteiger partial charge in [0.15, 0.2) is 11.5 Å². The van der Waals surface area contributed by atoms with Gasteiger partial charge in [-0.05, 0) is 61.3 Å². The monoisotopic (exact) mass is 394 g/mol. The fraction of sp³-hybridized carbons (Fsp3) is 0.400. The highest BCUT2D eigenvalue weighted by Crippen LogP contribution is 2.26. The zero-order valence-electron chi connectivity index (χ0n) is 14.8. The first kappa shape index (κ1) is 19.3. The minimum absolute atomic E-state index is 0.184. The van der Waals surface area contributed by atoms with Crippen LogP contribution in [0.5, 0.6) is 11.5 Å². The molecule has 4 nitrogen and oxygen atoms in total. The Hall–Kier alpha value is -1.46. The third kappa shape index (κ3) is 5.04. The lowest BCUT2D eigenvalue weighted by molar-refractivity contribution is 0.190. The van der Waals surface area contributed by atoms with E-state index in [0.717, 1.165) is 44.6 Å². The quantitative estimate of drug-likeness (QED) is 0.758. The Bertz CT molecular complexity index is 747. The number of benzene rings is 2. The number of likely N-dealkylation sites (tertiary alicyclic amines) is 1. The lowest BCUT2D eigenvalue weighted by Crippen LogP contribution is -2.41. The number of aromatic hydroxyl groups is 1. The molecule has 1 heterocycles. The Balaban J connectivity index is 1.45. The summed E-state index contributed by atoms with van der Waals surface area (Å²) in [6.45, 7) is 3.74. The van der Waals surface area contributed by atoms with E-state index in [4.69, 9.17) is 27.9 Å². The molecule has 0 atom stereocenters. The van der Waals surface area contributed by atoms with Gasteiger partial charge in [-0.3, -0.25) is 4.90 Å². The second kappa shape index (κ2) is 8.96. The third-order valence-electron chi connectivity index (χ3n) is 4.82. The Labute approximate surface area is 164 Å². The van der Waals surface area contributed by atoms with Gasteiger partial charge in [-0.15, -0.1) is 0 Å². The predicted molar refractivity (Wildman–Crippen MR) is 106 cm³/mol. The highest BCUT2D eigenvalue weighted by Gasteiger charge is 2.19. The number of phenolic OH excluding ortho intramolecular Hbond substituents is 1. The summed E-state index contributed by atoms with van der Waals surface area (Å²) in [5, 5.41) is 14.7. The zero-order chi connectivity index (χ0) is 18.5. The Kier molecular flexibility index (Phi) is 6.65. The molecule has 1 aliphatic heterocycles. The van der Waals surface area contributed by atoms with Gasteiger partial charge >= 0.3 is 0 Å². The molecule has 2 aromatic rings. The fourth-order valence-electron chi connectivity index (χ4n) is 3.30. The van der Waals surface area contributed by atoms with Crippen molar-refractivity contribution in [2.45, 2.75) is 32.0 Å². The number of nitrogens with zero attached hydrogens (tertiary/aromatic N) is 1. The van der Waals surface area contributed by atoms with Gasteiger partial charge in [-0.1, -0.05) is 35.3 Å². The molecule has 0 aliphatic carbocycles. The highest BCUT2D eigenvalue weighted by atomic mass is 35.5. The standard InChI is InChI=1S/C20H24Cl2N2O2/c1-26-20-5-3-14(11-19(20)25)12-23-16-6-8-24(9-7-16)13-15-2-4-17(21)18(22)10-15/h2-5,10-11,16,23,25H,6-9,12-13H2,1H3. The number of halogens is 2. The molecule has 140 valence electrons. The van der Waals surface area contributed by atoms with Crippen LogP contribution in [0.15, 0.2) is 36.4 Å². The van der Waals surface area contributed by atoms with Crippen molar-refractivity contribution in [1.29, 1.82) is 0 Å². The topological polar surface area (TPSA) is 44.7 Å². The average Bonchev–Trinajstić information content (AvgIpc) is 2.64. The van der Waals surface area contributed by atoms with E-state index in [0.29, 0.717) is 21.8 Å². The van der Waals surface area contributed by atoms with Crippen LogP contribution in [0.2, 0.25) is 10.0 Å². The van der Waals surface area contributed by atoms with Crippen molar-refractivity contribution in [3.63, 3.8) is 0 Å². The molecular formula is C20H24Cl2N2O2. The maximum absolute atomic E-state index is 9.86. The summed E-state index contributed by atoms with van der Waals surface area (Å²) in [5.41, 5.74) is 2.25. The van der Waals surface area contributed by atoms with Crippen molar-refractivity contribution in [3.8, 4) is 11.5 Å². The molecule has 0 amide bonds. The van der Waals surface area contributed by atoms with Crippen molar-refractivity contribution in [1.82, 2.24) is 10.2 Å². The van der Waals surface area contributed by atoms with Crippen LogP contribution in [0.3, 0.4) is 0 Å². The van der Waals surface area contributed by atoms with Gasteiger partial charge in [-0.2, -0.15) is 0 Å². The number of nitrogens with one attached hydrogen (secondary N) is 1. The number of methoxy groups -OCH3 is 1. The van der Waals surface area contributed by atoms with Crippen LogP contribution in [0.1, 0.15) is 24.0 Å². The summed E-state index contributed by atoms with van der Waals surface area (Å²) < 4.78 is 5.08. The molecule has 1 fully saturated rings. The molecule has 6 heteroatoms. The van der Waals surface area contributed by atoms with E-state index in [1.807, 2.05) is 24.3 Å². The lowest BCUT2D eigenvalue weighted by atomic mass is 10.0. The number of hydrogen-bond donors (Lipinski definition) is 2. The molecule has 1 saturated heterocycles. The van der Waals surface area contributed by atoms with Crippen LogP contribution < -0.4 is 10.1 Å². The van der Waals surface area contributed by atoms with E-state index in [9.17, 15) is 5.11 Å². The van der Waals surface area contributed by atoms with Crippen molar-refractivity contribution >= 4 is 23.2 Å². The van der Waals surface area contributed by atoms with Gasteiger partial charge in [0.2, 0.25) is 0 Å². The Morgan fingerprint density at radius 2 is 1.81 bits per heavy atom. The molecule has 2 N–H and O–H groups in total. The summed E-state index contributed by atoms with van der Waals surface area (Å²) in [6.07, 6.45) is 2.20. The zero-order valence-corrected chi connectivity index (χ0v) is 16.4. The normalized spacial score (nSPS) is 16.0. The largest absolute Gasteiger partial charge is 0.504 e. The summed E-state index contributed by atoms with van der Waals surface area (Å²) in [6, 6.07) is 11.9. The third-order valence-corrected chi connectivity index (χ3v) is 5.55. The highest BCUT2D eigenvalue weighted by molar-refractivity contribution is 6.42. The predicted octanol–water partition coefficient (Wildman–Crippen LogP) is 4.46. The van der Waals surface area contributed by atoms with Crippen LogP contribution in [0.25, 0.3) is 0 Å². The minimum Gasteiger partial charge on any atom is -0.504 e. The van der Waals surface area contributed by atoms with E-state index in [1.165, 1.54) is 5.56 Å². The molecule has 0 unspecified atom stereocenters. The molecule has 0 spiro atoms. The molecule has 3 rings (SSSR count). The molecule has 0 radical (unpaired) electrons. The first-order chi connectivity index (χ1) is 12.5. The Morgan fingerprint density at radius 3 is 2.46 bits per heavy atom. The van der Waals surface area contributed by atoms with Crippen LogP contribution in [-0.2, 0) is 13.1 Å². The van der Waals surface area contributed by atoms with Crippen molar-refractivity contribution in [2.24, 2.45) is 0 Å². The fourth-order valence-corrected chi connectivity index (χ4v) is 3.62. The summed E-state index contributed by atoms with van der Waals surface area (Å²) >= 11 is 12.1. The molecule has 2 aromatic carbocycles. The van der Waals surface area contributed by atoms with Gasteiger partial charge in [0, 0.05) is 19.1 Å². The van der Waals surface area contributed by atoms with Crippen LogP contribution in [0.4, 0.5) is 0 Å². The molecule has 26 heavy (non-hydrogen) atoms. The van der Waals surface area contributed by atoms with E-state index in [2.05, 4.69) is 10.2 Å². The smallest absolute Gasteiger partial charge is 0.160 e. The molecule has 0 saturated carbocycles. The van der Waals surface area contributed by atoms with Crippen LogP contribution in [-0.4, -0.2) is 36.2 Å². The van der Waals surface area contributed by atoms with Gasteiger partial charge in [0.25, 0.3) is 0 Å². The molecule has 0 aromatic heterocycles. The van der Waals surface area contributed by atoms with Crippen molar-refractivity contribution < 1.29 is 9.84 Å². The van der Waals surface area contributed by atoms with Crippen molar-refractivity contribution in [2.75, 3.05) is 20.2 Å². The van der Waals surface area contributed by atoms with Gasteiger partial charge in [-0.25, -0.2) is 0 Å². The lowest BCUT2D eigenvalue weighted by Gasteiger charge is -2.32. The first-order valence-corrected chi connectivity index (χ1v) is 9.56. The van der Waals surface area contributed by atoms with Crippen LogP contribution >= 0.6 is 23.2 Å². The number of phenols is 1. The molecule has 1 aliphatic rings. The SMILES string of the molecule is COc1ccc(CNC2CCN(Cc3ccc(Cl)c(Cl)c3)CC2)cc1O. The van der Waals surface area contributed by atoms with E-state index < -0.39 is 0 Å². The second-order valence-corrected chi connectivity index (χ2v) is 7.50. The van der Waals surface area contributed by atoms with E-state index in [-0.39, 0.29) is 5.75 Å². The van der Waals surface area contributed by atoms with Gasteiger partial charge in [0.1, 0.15) is 0 Å². The minimum atomic E-state index is 0.184.